The van der Waals surface area contributed by atoms with Crippen molar-refractivity contribution in [1.82, 2.24) is 15.3 Å². The number of benzene rings is 2. The van der Waals surface area contributed by atoms with E-state index in [1.165, 1.54) is 30.6 Å². The van der Waals surface area contributed by atoms with Gasteiger partial charge in [-0.3, -0.25) is 9.59 Å². The maximum absolute atomic E-state index is 12.5. The van der Waals surface area contributed by atoms with Crippen molar-refractivity contribution in [1.29, 1.82) is 5.26 Å². The predicted molar refractivity (Wildman–Crippen MR) is 111 cm³/mol. The van der Waals surface area contributed by atoms with E-state index in [0.717, 1.165) is 5.56 Å². The molecule has 0 aliphatic rings. The monoisotopic (exact) mass is 417 g/mol. The van der Waals surface area contributed by atoms with E-state index in [9.17, 15) is 19.8 Å². The van der Waals surface area contributed by atoms with E-state index >= 15 is 0 Å². The highest BCUT2D eigenvalue weighted by Crippen LogP contribution is 2.25. The molecule has 0 aliphatic heterocycles. The molecule has 3 rings (SSSR count). The lowest BCUT2D eigenvalue weighted by Crippen LogP contribution is -2.27. The van der Waals surface area contributed by atoms with Gasteiger partial charge in [-0.15, -0.1) is 0 Å². The number of nitriles is 1. The van der Waals surface area contributed by atoms with Crippen LogP contribution in [-0.2, 0) is 11.2 Å². The van der Waals surface area contributed by atoms with Gasteiger partial charge in [0.05, 0.1) is 24.1 Å². The summed E-state index contributed by atoms with van der Waals surface area (Å²) in [5.41, 5.74) is 1.93. The number of carbonyl (C=O) groups is 2. The SMILES string of the molecule is C[C@H](NC(=O)c1cc(NC(=O)Cc2ccc(O)c(O)c2)ncn1)c1ccc(C#N)cc1. The first-order valence-corrected chi connectivity index (χ1v) is 9.29. The molecule has 0 saturated carbocycles. The number of hydrogen-bond donors (Lipinski definition) is 4. The Bertz CT molecular complexity index is 1160. The summed E-state index contributed by atoms with van der Waals surface area (Å²) >= 11 is 0. The van der Waals surface area contributed by atoms with Gasteiger partial charge in [0.15, 0.2) is 11.5 Å². The van der Waals surface area contributed by atoms with Crippen LogP contribution in [-0.4, -0.2) is 32.0 Å². The van der Waals surface area contributed by atoms with Crippen LogP contribution in [0, 0.1) is 11.3 Å². The van der Waals surface area contributed by atoms with Gasteiger partial charge < -0.3 is 20.8 Å². The molecule has 0 fully saturated rings. The van der Waals surface area contributed by atoms with E-state index < -0.39 is 11.8 Å². The third-order valence-electron chi connectivity index (χ3n) is 4.46. The molecule has 3 aromatic rings. The zero-order valence-corrected chi connectivity index (χ0v) is 16.5. The second kappa shape index (κ2) is 9.37. The fourth-order valence-corrected chi connectivity index (χ4v) is 2.80. The van der Waals surface area contributed by atoms with Crippen molar-refractivity contribution in [2.75, 3.05) is 5.32 Å². The fourth-order valence-electron chi connectivity index (χ4n) is 2.80. The van der Waals surface area contributed by atoms with Crippen molar-refractivity contribution in [3.8, 4) is 17.6 Å². The smallest absolute Gasteiger partial charge is 0.270 e. The van der Waals surface area contributed by atoms with Crippen molar-refractivity contribution < 1.29 is 19.8 Å². The third kappa shape index (κ3) is 5.55. The maximum Gasteiger partial charge on any atom is 0.270 e. The number of hydrogen-bond acceptors (Lipinski definition) is 7. The molecule has 9 heteroatoms. The first-order valence-electron chi connectivity index (χ1n) is 9.29. The average molecular weight is 417 g/mol. The van der Waals surface area contributed by atoms with Gasteiger partial charge in [0.1, 0.15) is 17.8 Å². The van der Waals surface area contributed by atoms with E-state index in [1.807, 2.05) is 6.07 Å². The van der Waals surface area contributed by atoms with E-state index in [0.29, 0.717) is 11.1 Å². The van der Waals surface area contributed by atoms with Crippen molar-refractivity contribution in [3.05, 3.63) is 77.2 Å². The Hall–Kier alpha value is -4.45. The molecule has 4 N–H and O–H groups in total. The molecular formula is C22H19N5O4. The minimum atomic E-state index is -0.446. The lowest BCUT2D eigenvalue weighted by Gasteiger charge is -2.14. The number of rotatable bonds is 6. The van der Waals surface area contributed by atoms with Crippen LogP contribution in [0.15, 0.2) is 54.9 Å². The van der Waals surface area contributed by atoms with Gasteiger partial charge in [-0.25, -0.2) is 9.97 Å². The van der Waals surface area contributed by atoms with Gasteiger partial charge in [0, 0.05) is 6.07 Å². The summed E-state index contributed by atoms with van der Waals surface area (Å²) < 4.78 is 0. The van der Waals surface area contributed by atoms with Crippen molar-refractivity contribution >= 4 is 17.6 Å². The maximum atomic E-state index is 12.5. The number of amides is 2. The second-order valence-corrected chi connectivity index (χ2v) is 6.77. The van der Waals surface area contributed by atoms with Gasteiger partial charge >= 0.3 is 0 Å². The van der Waals surface area contributed by atoms with E-state index in [-0.39, 0.29) is 35.5 Å². The van der Waals surface area contributed by atoms with Crippen molar-refractivity contribution in [2.45, 2.75) is 19.4 Å². The first kappa shape index (κ1) is 21.3. The predicted octanol–water partition coefficient (Wildman–Crippen LogP) is 2.43. The van der Waals surface area contributed by atoms with Crippen LogP contribution in [0.4, 0.5) is 5.82 Å². The highest BCUT2D eigenvalue weighted by molar-refractivity contribution is 5.95. The largest absolute Gasteiger partial charge is 0.504 e. The van der Waals surface area contributed by atoms with Crippen LogP contribution in [0.3, 0.4) is 0 Å². The molecule has 156 valence electrons. The van der Waals surface area contributed by atoms with Crippen LogP contribution in [0.25, 0.3) is 0 Å². The molecular weight excluding hydrogens is 398 g/mol. The van der Waals surface area contributed by atoms with E-state index in [1.54, 1.807) is 31.2 Å². The Labute approximate surface area is 178 Å². The normalized spacial score (nSPS) is 11.2. The second-order valence-electron chi connectivity index (χ2n) is 6.77. The Kier molecular flexibility index (Phi) is 6.42. The summed E-state index contributed by atoms with van der Waals surface area (Å²) in [5.74, 6) is -1.30. The minimum absolute atomic E-state index is 0.0604. The number of phenolic OH excluding ortho intramolecular Hbond substituents is 2. The Morgan fingerprint density at radius 1 is 1.06 bits per heavy atom. The van der Waals surface area contributed by atoms with Crippen LogP contribution in [0.1, 0.15) is 40.1 Å². The standard InChI is InChI=1S/C22H19N5O4/c1-13(16-5-2-14(11-23)3-6-16)26-22(31)17-10-20(25-12-24-17)27-21(30)9-15-4-7-18(28)19(29)8-15/h2-8,10,12-13,28-29H,9H2,1H3,(H,26,31)(H,24,25,27,30)/t13-/m0/s1. The summed E-state index contributed by atoms with van der Waals surface area (Å²) in [6.07, 6.45) is 1.11. The summed E-state index contributed by atoms with van der Waals surface area (Å²) in [5, 5.41) is 33.1. The molecule has 1 aromatic heterocycles. The number of phenols is 2. The van der Waals surface area contributed by atoms with E-state index in [2.05, 4.69) is 20.6 Å². The van der Waals surface area contributed by atoms with E-state index in [4.69, 9.17) is 5.26 Å². The lowest BCUT2D eigenvalue weighted by molar-refractivity contribution is -0.115. The van der Waals surface area contributed by atoms with Gasteiger partial charge in [-0.05, 0) is 42.3 Å². The minimum Gasteiger partial charge on any atom is -0.504 e. The lowest BCUT2D eigenvalue weighted by atomic mass is 10.1. The molecule has 0 unspecified atom stereocenters. The van der Waals surface area contributed by atoms with Gasteiger partial charge in [0.25, 0.3) is 5.91 Å². The quantitative estimate of drug-likeness (QED) is 0.450. The molecule has 2 amide bonds. The summed E-state index contributed by atoms with van der Waals surface area (Å²) in [7, 11) is 0. The zero-order valence-electron chi connectivity index (χ0n) is 16.5. The highest BCUT2D eigenvalue weighted by Gasteiger charge is 2.15. The average Bonchev–Trinajstić information content (AvgIpc) is 2.76. The summed E-state index contributed by atoms with van der Waals surface area (Å²) in [6, 6.07) is 14.0. The topological polar surface area (TPSA) is 148 Å². The van der Waals surface area contributed by atoms with Crippen LogP contribution >= 0.6 is 0 Å². The van der Waals surface area contributed by atoms with Crippen LogP contribution < -0.4 is 10.6 Å². The molecule has 0 spiro atoms. The Morgan fingerprint density at radius 2 is 1.81 bits per heavy atom. The van der Waals surface area contributed by atoms with Crippen molar-refractivity contribution in [2.24, 2.45) is 0 Å². The third-order valence-corrected chi connectivity index (χ3v) is 4.46. The van der Waals surface area contributed by atoms with Gasteiger partial charge in [-0.2, -0.15) is 5.26 Å². The highest BCUT2D eigenvalue weighted by atomic mass is 16.3. The molecule has 1 heterocycles. The van der Waals surface area contributed by atoms with Crippen molar-refractivity contribution in [3.63, 3.8) is 0 Å². The summed E-state index contributed by atoms with van der Waals surface area (Å²) in [6.45, 7) is 1.80. The molecule has 9 nitrogen and oxygen atoms in total. The number of anilines is 1. The van der Waals surface area contributed by atoms with Gasteiger partial charge in [-0.1, -0.05) is 18.2 Å². The molecule has 0 aliphatic carbocycles. The number of aromatic nitrogens is 2. The fraction of sp³-hybridized carbons (Fsp3) is 0.136. The van der Waals surface area contributed by atoms with Crippen LogP contribution in [0.2, 0.25) is 0 Å². The molecule has 1 atom stereocenters. The summed E-state index contributed by atoms with van der Waals surface area (Å²) in [4.78, 5) is 32.7. The molecule has 0 bridgehead atoms. The number of nitrogens with one attached hydrogen (secondary N) is 2. The molecule has 2 aromatic carbocycles. The Balaban J connectivity index is 1.63. The zero-order chi connectivity index (χ0) is 22.4. The molecule has 0 saturated heterocycles. The molecule has 0 radical (unpaired) electrons. The first-order chi connectivity index (χ1) is 14.9. The molecule has 31 heavy (non-hydrogen) atoms. The number of aromatic hydroxyl groups is 2. The number of carbonyl (C=O) groups excluding carboxylic acids is 2. The number of nitrogens with zero attached hydrogens (tertiary/aromatic N) is 3. The van der Waals surface area contributed by atoms with Crippen LogP contribution in [0.5, 0.6) is 11.5 Å². The van der Waals surface area contributed by atoms with Gasteiger partial charge in [0.2, 0.25) is 5.91 Å². The Morgan fingerprint density at radius 3 is 2.48 bits per heavy atom.